The van der Waals surface area contributed by atoms with E-state index in [9.17, 15) is 4.79 Å². The van der Waals surface area contributed by atoms with E-state index in [0.29, 0.717) is 0 Å². The summed E-state index contributed by atoms with van der Waals surface area (Å²) in [6.45, 7) is 0. The fourth-order valence-corrected chi connectivity index (χ4v) is 3.35. The average Bonchev–Trinajstić information content (AvgIpc) is 2.60. The van der Waals surface area contributed by atoms with Crippen LogP contribution >= 0.6 is 31.9 Å². The van der Waals surface area contributed by atoms with Crippen molar-refractivity contribution in [2.24, 2.45) is 0 Å². The van der Waals surface area contributed by atoms with Gasteiger partial charge in [0.25, 0.3) is 0 Å². The van der Waals surface area contributed by atoms with E-state index in [-0.39, 0.29) is 5.78 Å². The fraction of sp³-hybridized carbons (Fsp3) is 0. The lowest BCUT2D eigenvalue weighted by Gasteiger charge is -2.10. The highest BCUT2D eigenvalue weighted by molar-refractivity contribution is 9.15. The molecule has 0 bridgehead atoms. The summed E-state index contributed by atoms with van der Waals surface area (Å²) < 4.78 is 1.86. The summed E-state index contributed by atoms with van der Waals surface area (Å²) in [7, 11) is 0. The standard InChI is InChI=1S/C13H6Br2O/c14-9-5-6-10(16)12-11(9)7-3-1-2-4-8(7)13(12)15/h1-6H. The maximum absolute atomic E-state index is 11.9. The first-order valence-electron chi connectivity index (χ1n) is 4.82. The molecule has 1 aromatic rings. The van der Waals surface area contributed by atoms with Crippen LogP contribution in [-0.2, 0) is 4.79 Å². The molecule has 16 heavy (non-hydrogen) atoms. The van der Waals surface area contributed by atoms with E-state index >= 15 is 0 Å². The van der Waals surface area contributed by atoms with E-state index in [4.69, 9.17) is 0 Å². The molecule has 0 amide bonds. The SMILES string of the molecule is O=C1C=CC(Br)=C2C1=C(Br)c1ccccc12. The maximum Gasteiger partial charge on any atom is 0.187 e. The van der Waals surface area contributed by atoms with Gasteiger partial charge in [-0.1, -0.05) is 40.2 Å². The predicted octanol–water partition coefficient (Wildman–Crippen LogP) is 4.05. The van der Waals surface area contributed by atoms with Crippen molar-refractivity contribution in [3.05, 3.63) is 57.6 Å². The van der Waals surface area contributed by atoms with Crippen LogP contribution in [0.2, 0.25) is 0 Å². The molecule has 0 atom stereocenters. The largest absolute Gasteiger partial charge is 0.289 e. The highest BCUT2D eigenvalue weighted by Gasteiger charge is 2.31. The molecule has 3 rings (SSSR count). The van der Waals surface area contributed by atoms with Crippen molar-refractivity contribution in [2.45, 2.75) is 0 Å². The van der Waals surface area contributed by atoms with Gasteiger partial charge < -0.3 is 0 Å². The van der Waals surface area contributed by atoms with Crippen LogP contribution in [0.25, 0.3) is 10.1 Å². The van der Waals surface area contributed by atoms with Crippen LogP contribution in [0.5, 0.6) is 0 Å². The van der Waals surface area contributed by atoms with Gasteiger partial charge in [0.15, 0.2) is 5.78 Å². The lowest BCUT2D eigenvalue weighted by atomic mass is 9.96. The molecule has 0 heterocycles. The topological polar surface area (TPSA) is 17.1 Å². The molecule has 0 radical (unpaired) electrons. The Labute approximate surface area is 110 Å². The van der Waals surface area contributed by atoms with Crippen molar-refractivity contribution < 1.29 is 4.79 Å². The summed E-state index contributed by atoms with van der Waals surface area (Å²) in [6.07, 6.45) is 3.40. The number of rotatable bonds is 0. The molecule has 0 aromatic heterocycles. The Morgan fingerprint density at radius 1 is 0.875 bits per heavy atom. The van der Waals surface area contributed by atoms with Crippen LogP contribution in [0.4, 0.5) is 0 Å². The van der Waals surface area contributed by atoms with Crippen LogP contribution in [-0.4, -0.2) is 5.78 Å². The van der Waals surface area contributed by atoms with Gasteiger partial charge in [0.05, 0.1) is 0 Å². The first kappa shape index (κ1) is 10.2. The molecular weight excluding hydrogens is 332 g/mol. The number of carbonyl (C=O) groups is 1. The summed E-state index contributed by atoms with van der Waals surface area (Å²) in [5.41, 5.74) is 3.95. The third kappa shape index (κ3) is 1.25. The smallest absolute Gasteiger partial charge is 0.187 e. The maximum atomic E-state index is 11.9. The first-order valence-corrected chi connectivity index (χ1v) is 6.41. The van der Waals surface area contributed by atoms with Crippen LogP contribution < -0.4 is 0 Å². The second-order valence-electron chi connectivity index (χ2n) is 3.66. The summed E-state index contributed by atoms with van der Waals surface area (Å²) in [5, 5.41) is 0. The number of allylic oxidation sites excluding steroid dienone is 5. The van der Waals surface area contributed by atoms with E-state index in [1.807, 2.05) is 30.3 Å². The van der Waals surface area contributed by atoms with Gasteiger partial charge in [-0.15, -0.1) is 0 Å². The molecule has 1 nitrogen and oxygen atoms in total. The van der Waals surface area contributed by atoms with Crippen molar-refractivity contribution >= 4 is 47.7 Å². The van der Waals surface area contributed by atoms with E-state index < -0.39 is 0 Å². The normalized spacial score (nSPS) is 18.0. The minimum atomic E-state index is 0.0567. The predicted molar refractivity (Wildman–Crippen MR) is 72.3 cm³/mol. The van der Waals surface area contributed by atoms with Crippen molar-refractivity contribution in [1.29, 1.82) is 0 Å². The zero-order valence-electron chi connectivity index (χ0n) is 8.13. The summed E-state index contributed by atoms with van der Waals surface area (Å²) in [6, 6.07) is 8.01. The third-order valence-corrected chi connectivity index (χ3v) is 4.25. The minimum absolute atomic E-state index is 0.0567. The zero-order chi connectivity index (χ0) is 11.3. The van der Waals surface area contributed by atoms with Crippen molar-refractivity contribution in [3.63, 3.8) is 0 Å². The fourth-order valence-electron chi connectivity index (χ4n) is 2.07. The number of halogens is 2. The highest BCUT2D eigenvalue weighted by atomic mass is 79.9. The second kappa shape index (κ2) is 3.54. The second-order valence-corrected chi connectivity index (χ2v) is 5.30. The number of carbonyl (C=O) groups excluding carboxylic acids is 1. The van der Waals surface area contributed by atoms with Crippen LogP contribution in [0.3, 0.4) is 0 Å². The minimum Gasteiger partial charge on any atom is -0.289 e. The van der Waals surface area contributed by atoms with E-state index in [0.717, 1.165) is 31.2 Å². The Bertz CT molecular complexity index is 606. The Balaban J connectivity index is 2.41. The molecule has 1 aromatic carbocycles. The third-order valence-electron chi connectivity index (χ3n) is 2.77. The molecule has 0 saturated carbocycles. The van der Waals surface area contributed by atoms with Crippen molar-refractivity contribution in [1.82, 2.24) is 0 Å². The molecule has 0 fully saturated rings. The Morgan fingerprint density at radius 2 is 1.56 bits per heavy atom. The molecule has 2 aliphatic rings. The van der Waals surface area contributed by atoms with Crippen LogP contribution in [0, 0.1) is 0 Å². The van der Waals surface area contributed by atoms with Crippen LogP contribution in [0.15, 0.2) is 46.5 Å². The molecule has 0 spiro atoms. The van der Waals surface area contributed by atoms with Gasteiger partial charge in [0.1, 0.15) is 0 Å². The van der Waals surface area contributed by atoms with E-state index in [1.54, 1.807) is 6.08 Å². The van der Waals surface area contributed by atoms with E-state index in [1.165, 1.54) is 0 Å². The first-order chi connectivity index (χ1) is 7.70. The van der Waals surface area contributed by atoms with E-state index in [2.05, 4.69) is 31.9 Å². The lowest BCUT2D eigenvalue weighted by Crippen LogP contribution is -2.03. The molecule has 0 aliphatic heterocycles. The van der Waals surface area contributed by atoms with Crippen molar-refractivity contribution in [3.8, 4) is 0 Å². The number of fused-ring (bicyclic) bond motifs is 3. The van der Waals surface area contributed by atoms with Gasteiger partial charge in [-0.2, -0.15) is 0 Å². The Kier molecular flexibility index (Phi) is 2.26. The van der Waals surface area contributed by atoms with Gasteiger partial charge in [-0.25, -0.2) is 0 Å². The zero-order valence-corrected chi connectivity index (χ0v) is 11.3. The Hall–Kier alpha value is -0.930. The summed E-state index contributed by atoms with van der Waals surface area (Å²) in [5.74, 6) is 0.0567. The number of hydrogen-bond donors (Lipinski definition) is 0. The average molecular weight is 338 g/mol. The quantitative estimate of drug-likeness (QED) is 0.698. The Morgan fingerprint density at radius 3 is 2.31 bits per heavy atom. The van der Waals surface area contributed by atoms with Gasteiger partial charge >= 0.3 is 0 Å². The molecule has 2 aliphatic carbocycles. The summed E-state index contributed by atoms with van der Waals surface area (Å²) >= 11 is 7.02. The van der Waals surface area contributed by atoms with Gasteiger partial charge in [-0.3, -0.25) is 4.79 Å². The molecule has 3 heteroatoms. The number of hydrogen-bond acceptors (Lipinski definition) is 1. The molecule has 0 saturated heterocycles. The molecule has 0 N–H and O–H groups in total. The van der Waals surface area contributed by atoms with Crippen molar-refractivity contribution in [2.75, 3.05) is 0 Å². The van der Waals surface area contributed by atoms with Gasteiger partial charge in [0, 0.05) is 20.1 Å². The highest BCUT2D eigenvalue weighted by Crippen LogP contribution is 2.48. The van der Waals surface area contributed by atoms with Crippen LogP contribution in [0.1, 0.15) is 11.1 Å². The molecule has 78 valence electrons. The van der Waals surface area contributed by atoms with Gasteiger partial charge in [0.2, 0.25) is 0 Å². The molecular formula is C13H6Br2O. The molecule has 0 unspecified atom stereocenters. The monoisotopic (exact) mass is 336 g/mol. The summed E-state index contributed by atoms with van der Waals surface area (Å²) in [4.78, 5) is 11.9. The van der Waals surface area contributed by atoms with Gasteiger partial charge in [-0.05, 0) is 39.2 Å². The number of ketones is 1. The number of benzene rings is 1. The lowest BCUT2D eigenvalue weighted by molar-refractivity contribution is -0.110.